The fourth-order valence-electron chi connectivity index (χ4n) is 3.08. The maximum atomic E-state index is 3.58. The molecule has 14 heavy (non-hydrogen) atoms. The van der Waals surface area contributed by atoms with Crippen LogP contribution in [-0.4, -0.2) is 19.8 Å². The number of benzene rings is 1. The van der Waals surface area contributed by atoms with Gasteiger partial charge in [-0.15, -0.1) is 0 Å². The predicted octanol–water partition coefficient (Wildman–Crippen LogP) is 1.71. The Bertz CT molecular complexity index is 374. The monoisotopic (exact) mass is 188 g/mol. The highest BCUT2D eigenvalue weighted by molar-refractivity contribution is 5.64. The first-order valence-corrected chi connectivity index (χ1v) is 5.29. The van der Waals surface area contributed by atoms with Crippen LogP contribution in [0.1, 0.15) is 18.9 Å². The molecule has 1 aromatic rings. The Morgan fingerprint density at radius 2 is 2.21 bits per heavy atom. The molecule has 3 rings (SSSR count). The van der Waals surface area contributed by atoms with Crippen molar-refractivity contribution in [2.24, 2.45) is 0 Å². The van der Waals surface area contributed by atoms with Gasteiger partial charge >= 0.3 is 0 Å². The van der Waals surface area contributed by atoms with Gasteiger partial charge in [-0.25, -0.2) is 0 Å². The maximum absolute atomic E-state index is 3.58. The van der Waals surface area contributed by atoms with Crippen LogP contribution in [-0.2, 0) is 5.41 Å². The molecule has 0 spiro atoms. The second-order valence-electron chi connectivity index (χ2n) is 4.65. The molecule has 1 aromatic carbocycles. The van der Waals surface area contributed by atoms with Gasteiger partial charge in [0.15, 0.2) is 0 Å². The Morgan fingerprint density at radius 1 is 1.43 bits per heavy atom. The Morgan fingerprint density at radius 3 is 3.07 bits per heavy atom. The van der Waals surface area contributed by atoms with E-state index in [1.807, 2.05) is 0 Å². The predicted molar refractivity (Wildman–Crippen MR) is 58.6 cm³/mol. The summed E-state index contributed by atoms with van der Waals surface area (Å²) in [6.07, 6.45) is 1.75. The molecule has 1 saturated heterocycles. The normalized spacial score (nSPS) is 34.4. The molecule has 2 atom stereocenters. The van der Waals surface area contributed by atoms with Crippen molar-refractivity contribution < 1.29 is 0 Å². The average molecular weight is 188 g/mol. The van der Waals surface area contributed by atoms with Gasteiger partial charge in [-0.2, -0.15) is 0 Å². The summed E-state index contributed by atoms with van der Waals surface area (Å²) in [5, 5.41) is 3.58. The van der Waals surface area contributed by atoms with Crippen LogP contribution in [0.4, 0.5) is 5.69 Å². The van der Waals surface area contributed by atoms with Crippen LogP contribution in [0.5, 0.6) is 0 Å². The van der Waals surface area contributed by atoms with Gasteiger partial charge in [0.2, 0.25) is 0 Å². The lowest BCUT2D eigenvalue weighted by Gasteiger charge is -2.27. The van der Waals surface area contributed by atoms with Crippen LogP contribution in [0.25, 0.3) is 0 Å². The quantitative estimate of drug-likeness (QED) is 0.667. The van der Waals surface area contributed by atoms with E-state index < -0.39 is 0 Å². The molecule has 0 amide bonds. The molecule has 2 aliphatic rings. The summed E-state index contributed by atoms with van der Waals surface area (Å²) in [5.41, 5.74) is 3.23. The van der Waals surface area contributed by atoms with Crippen molar-refractivity contribution in [3.63, 3.8) is 0 Å². The number of nitrogens with zero attached hydrogens (tertiary/aromatic N) is 1. The molecule has 1 fully saturated rings. The zero-order valence-electron chi connectivity index (χ0n) is 8.75. The van der Waals surface area contributed by atoms with Crippen LogP contribution < -0.4 is 10.2 Å². The number of para-hydroxylation sites is 1. The third-order valence-corrected chi connectivity index (χ3v) is 3.87. The average Bonchev–Trinajstić information content (AvgIpc) is 2.67. The lowest BCUT2D eigenvalue weighted by atomic mass is 9.81. The summed E-state index contributed by atoms with van der Waals surface area (Å²) in [4.78, 5) is 2.38. The van der Waals surface area contributed by atoms with Crippen LogP contribution >= 0.6 is 0 Å². The van der Waals surface area contributed by atoms with E-state index in [1.165, 1.54) is 17.7 Å². The SMILES string of the molecule is CN1c2ccccc2[C@@]2(C)CCN[C@@H]12. The molecule has 2 heteroatoms. The fourth-order valence-corrected chi connectivity index (χ4v) is 3.08. The molecule has 0 aromatic heterocycles. The number of rotatable bonds is 0. The molecule has 0 radical (unpaired) electrons. The maximum Gasteiger partial charge on any atom is 0.0889 e. The number of hydrogen-bond donors (Lipinski definition) is 1. The van der Waals surface area contributed by atoms with Gasteiger partial charge in [-0.1, -0.05) is 25.1 Å². The highest BCUT2D eigenvalue weighted by atomic mass is 15.3. The molecule has 0 bridgehead atoms. The van der Waals surface area contributed by atoms with Gasteiger partial charge in [0.1, 0.15) is 0 Å². The van der Waals surface area contributed by atoms with Gasteiger partial charge < -0.3 is 4.90 Å². The number of likely N-dealkylation sites (N-methyl/N-ethyl adjacent to an activating group) is 1. The first kappa shape index (κ1) is 8.30. The minimum absolute atomic E-state index is 0.325. The van der Waals surface area contributed by atoms with E-state index >= 15 is 0 Å². The van der Waals surface area contributed by atoms with Crippen molar-refractivity contribution in [3.05, 3.63) is 29.8 Å². The second kappa shape index (κ2) is 2.51. The van der Waals surface area contributed by atoms with Gasteiger partial charge in [0.25, 0.3) is 0 Å². The number of hydrogen-bond acceptors (Lipinski definition) is 2. The van der Waals surface area contributed by atoms with Crippen molar-refractivity contribution in [2.75, 3.05) is 18.5 Å². The number of fused-ring (bicyclic) bond motifs is 3. The van der Waals surface area contributed by atoms with E-state index in [0.717, 1.165) is 6.54 Å². The Hall–Kier alpha value is -1.02. The van der Waals surface area contributed by atoms with E-state index in [1.54, 1.807) is 0 Å². The van der Waals surface area contributed by atoms with Crippen molar-refractivity contribution in [3.8, 4) is 0 Å². The molecule has 0 saturated carbocycles. The fraction of sp³-hybridized carbons (Fsp3) is 0.500. The van der Waals surface area contributed by atoms with Gasteiger partial charge in [-0.05, 0) is 24.6 Å². The van der Waals surface area contributed by atoms with Crippen molar-refractivity contribution >= 4 is 5.69 Å². The molecule has 2 heterocycles. The van der Waals surface area contributed by atoms with Gasteiger partial charge in [0.05, 0.1) is 6.17 Å². The third-order valence-electron chi connectivity index (χ3n) is 3.87. The van der Waals surface area contributed by atoms with Crippen LogP contribution in [0.15, 0.2) is 24.3 Å². The Balaban J connectivity index is 2.21. The van der Waals surface area contributed by atoms with Gasteiger partial charge in [-0.3, -0.25) is 5.32 Å². The lowest BCUT2D eigenvalue weighted by Crippen LogP contribution is -2.44. The molecule has 2 aliphatic heterocycles. The summed E-state index contributed by atoms with van der Waals surface area (Å²) in [6.45, 7) is 3.51. The van der Waals surface area contributed by atoms with E-state index in [9.17, 15) is 0 Å². The van der Waals surface area contributed by atoms with Crippen LogP contribution in [0, 0.1) is 0 Å². The van der Waals surface area contributed by atoms with E-state index in [-0.39, 0.29) is 0 Å². The topological polar surface area (TPSA) is 15.3 Å². The molecule has 74 valence electrons. The summed E-state index contributed by atoms with van der Waals surface area (Å²) in [6, 6.07) is 8.78. The first-order chi connectivity index (χ1) is 6.73. The van der Waals surface area contributed by atoms with Crippen LogP contribution in [0.2, 0.25) is 0 Å². The summed E-state index contributed by atoms with van der Waals surface area (Å²) >= 11 is 0. The summed E-state index contributed by atoms with van der Waals surface area (Å²) < 4.78 is 0. The molecular weight excluding hydrogens is 172 g/mol. The zero-order chi connectivity index (χ0) is 9.76. The van der Waals surface area contributed by atoms with Crippen molar-refractivity contribution in [1.29, 1.82) is 0 Å². The third kappa shape index (κ3) is 0.800. The Kier molecular flexibility index (Phi) is 1.49. The minimum atomic E-state index is 0.325. The van der Waals surface area contributed by atoms with Crippen molar-refractivity contribution in [1.82, 2.24) is 5.32 Å². The zero-order valence-corrected chi connectivity index (χ0v) is 8.75. The first-order valence-electron chi connectivity index (χ1n) is 5.29. The smallest absolute Gasteiger partial charge is 0.0889 e. The highest BCUT2D eigenvalue weighted by Crippen LogP contribution is 2.47. The lowest BCUT2D eigenvalue weighted by molar-refractivity contribution is 0.431. The standard InChI is InChI=1S/C12H16N2/c1-12-7-8-13-11(12)14(2)10-6-4-3-5-9(10)12/h3-6,11,13H,7-8H2,1-2H3/t11-,12+/m0/s1. The van der Waals surface area contributed by atoms with E-state index in [0.29, 0.717) is 11.6 Å². The minimum Gasteiger partial charge on any atom is -0.358 e. The van der Waals surface area contributed by atoms with Crippen LogP contribution in [0.3, 0.4) is 0 Å². The molecular formula is C12H16N2. The van der Waals surface area contributed by atoms with E-state index in [4.69, 9.17) is 0 Å². The largest absolute Gasteiger partial charge is 0.358 e. The summed E-state index contributed by atoms with van der Waals surface area (Å²) in [7, 11) is 2.19. The second-order valence-corrected chi connectivity index (χ2v) is 4.65. The molecule has 0 unspecified atom stereocenters. The molecule has 0 aliphatic carbocycles. The highest BCUT2D eigenvalue weighted by Gasteiger charge is 2.48. The molecule has 1 N–H and O–H groups in total. The Labute approximate surface area is 84.9 Å². The van der Waals surface area contributed by atoms with Crippen molar-refractivity contribution in [2.45, 2.75) is 24.9 Å². The number of nitrogens with one attached hydrogen (secondary N) is 1. The van der Waals surface area contributed by atoms with E-state index in [2.05, 4.69) is 48.5 Å². The number of anilines is 1. The molecule has 2 nitrogen and oxygen atoms in total. The van der Waals surface area contributed by atoms with Gasteiger partial charge in [0, 0.05) is 18.2 Å². The summed E-state index contributed by atoms with van der Waals surface area (Å²) in [5.74, 6) is 0.